The summed E-state index contributed by atoms with van der Waals surface area (Å²) < 4.78 is 1.02. The number of hydrogen-bond acceptors (Lipinski definition) is 2. The van der Waals surface area contributed by atoms with Crippen molar-refractivity contribution in [1.29, 1.82) is 0 Å². The van der Waals surface area contributed by atoms with Crippen molar-refractivity contribution in [2.45, 2.75) is 38.1 Å². The van der Waals surface area contributed by atoms with E-state index in [-0.39, 0.29) is 11.5 Å². The van der Waals surface area contributed by atoms with Gasteiger partial charge in [-0.15, -0.1) is 0 Å². The summed E-state index contributed by atoms with van der Waals surface area (Å²) in [6.07, 6.45) is 1.95. The van der Waals surface area contributed by atoms with Gasteiger partial charge in [-0.2, -0.15) is 0 Å². The first-order valence-corrected chi connectivity index (χ1v) is 7.52. The summed E-state index contributed by atoms with van der Waals surface area (Å²) in [6.45, 7) is 4.50. The average molecular weight is 339 g/mol. The fourth-order valence-electron chi connectivity index (χ4n) is 1.86. The number of rotatable bonds is 4. The normalized spacial score (nSPS) is 14.8. The summed E-state index contributed by atoms with van der Waals surface area (Å²) in [7, 11) is 0. The molecule has 0 unspecified atom stereocenters. The quantitative estimate of drug-likeness (QED) is 0.826. The van der Waals surface area contributed by atoms with Crippen LogP contribution < -0.4 is 10.6 Å². The molecular weight excluding hydrogens is 320 g/mol. The minimum Gasteiger partial charge on any atom is -0.347 e. The Hall–Kier alpha value is -1.36. The molecule has 2 amide bonds. The molecular formula is C15H19BrN2O2. The molecule has 108 valence electrons. The fraction of sp³-hybridized carbons (Fsp3) is 0.467. The van der Waals surface area contributed by atoms with Gasteiger partial charge >= 0.3 is 11.8 Å². The van der Waals surface area contributed by atoms with Crippen LogP contribution in [0.25, 0.3) is 0 Å². The van der Waals surface area contributed by atoms with E-state index in [0.717, 1.165) is 22.9 Å². The van der Waals surface area contributed by atoms with Crippen LogP contribution in [0.4, 0.5) is 0 Å². The van der Waals surface area contributed by atoms with Gasteiger partial charge in [0.25, 0.3) is 0 Å². The molecule has 0 saturated heterocycles. The van der Waals surface area contributed by atoms with Crippen molar-refractivity contribution in [3.05, 3.63) is 34.3 Å². The van der Waals surface area contributed by atoms with Gasteiger partial charge in [0.2, 0.25) is 0 Å². The molecule has 0 heterocycles. The largest absolute Gasteiger partial charge is 0.347 e. The van der Waals surface area contributed by atoms with E-state index in [0.29, 0.717) is 6.54 Å². The highest BCUT2D eigenvalue weighted by Gasteiger charge is 2.28. The first-order valence-electron chi connectivity index (χ1n) is 6.73. The van der Waals surface area contributed by atoms with Crippen LogP contribution >= 0.6 is 15.9 Å². The van der Waals surface area contributed by atoms with Gasteiger partial charge in [0, 0.05) is 22.5 Å². The van der Waals surface area contributed by atoms with Crippen molar-refractivity contribution in [1.82, 2.24) is 10.6 Å². The van der Waals surface area contributed by atoms with Crippen molar-refractivity contribution >= 4 is 27.7 Å². The maximum Gasteiger partial charge on any atom is 0.309 e. The first kappa shape index (κ1) is 15.0. The summed E-state index contributed by atoms with van der Waals surface area (Å²) in [6, 6.07) is 8.17. The molecule has 0 bridgehead atoms. The summed E-state index contributed by atoms with van der Waals surface area (Å²) in [5, 5.41) is 5.39. The molecule has 20 heavy (non-hydrogen) atoms. The van der Waals surface area contributed by atoms with Crippen molar-refractivity contribution in [3.8, 4) is 0 Å². The van der Waals surface area contributed by atoms with Crippen LogP contribution in [0.5, 0.6) is 0 Å². The van der Waals surface area contributed by atoms with E-state index < -0.39 is 11.8 Å². The van der Waals surface area contributed by atoms with E-state index in [4.69, 9.17) is 0 Å². The Morgan fingerprint density at radius 2 is 1.80 bits per heavy atom. The monoisotopic (exact) mass is 338 g/mol. The lowest BCUT2D eigenvalue weighted by Gasteiger charge is -2.25. The maximum atomic E-state index is 11.7. The molecule has 0 spiro atoms. The van der Waals surface area contributed by atoms with Crippen molar-refractivity contribution in [3.63, 3.8) is 0 Å². The number of halogens is 1. The molecule has 1 aliphatic carbocycles. The molecule has 1 fully saturated rings. The van der Waals surface area contributed by atoms with Crippen LogP contribution in [-0.2, 0) is 15.0 Å². The lowest BCUT2D eigenvalue weighted by atomic mass is 9.84. The smallest absolute Gasteiger partial charge is 0.309 e. The molecule has 0 aliphatic heterocycles. The van der Waals surface area contributed by atoms with Gasteiger partial charge < -0.3 is 10.6 Å². The Morgan fingerprint density at radius 1 is 1.20 bits per heavy atom. The lowest BCUT2D eigenvalue weighted by molar-refractivity contribution is -0.139. The Morgan fingerprint density at radius 3 is 2.35 bits per heavy atom. The van der Waals surface area contributed by atoms with Gasteiger partial charge in [0.1, 0.15) is 0 Å². The summed E-state index contributed by atoms with van der Waals surface area (Å²) in [4.78, 5) is 23.3. The zero-order chi connectivity index (χ0) is 14.8. The zero-order valence-electron chi connectivity index (χ0n) is 11.7. The number of carbonyl (C=O) groups is 2. The van der Waals surface area contributed by atoms with Gasteiger partial charge in [-0.3, -0.25) is 9.59 Å². The SMILES string of the molecule is CC(C)(CNC(=O)C(=O)NC1CC1)c1ccc(Br)cc1. The number of hydrogen-bond donors (Lipinski definition) is 2. The molecule has 5 heteroatoms. The van der Waals surface area contributed by atoms with Gasteiger partial charge in [-0.25, -0.2) is 0 Å². The molecule has 4 nitrogen and oxygen atoms in total. The van der Waals surface area contributed by atoms with E-state index >= 15 is 0 Å². The van der Waals surface area contributed by atoms with Crippen molar-refractivity contribution < 1.29 is 9.59 Å². The van der Waals surface area contributed by atoms with E-state index in [9.17, 15) is 9.59 Å². The number of nitrogens with one attached hydrogen (secondary N) is 2. The Labute approximate surface area is 127 Å². The minimum absolute atomic E-state index is 0.202. The number of amides is 2. The predicted molar refractivity (Wildman–Crippen MR) is 81.3 cm³/mol. The third-order valence-electron chi connectivity index (χ3n) is 3.44. The van der Waals surface area contributed by atoms with Crippen LogP contribution in [0.15, 0.2) is 28.7 Å². The van der Waals surface area contributed by atoms with Crippen LogP contribution in [0.2, 0.25) is 0 Å². The Bertz CT molecular complexity index is 507. The molecule has 0 radical (unpaired) electrons. The van der Waals surface area contributed by atoms with Crippen LogP contribution in [0.1, 0.15) is 32.3 Å². The van der Waals surface area contributed by atoms with E-state index in [2.05, 4.69) is 26.6 Å². The van der Waals surface area contributed by atoms with Gasteiger partial charge in [-0.05, 0) is 30.5 Å². The molecule has 0 aromatic heterocycles. The lowest BCUT2D eigenvalue weighted by Crippen LogP contribution is -2.45. The molecule has 2 N–H and O–H groups in total. The third kappa shape index (κ3) is 4.07. The van der Waals surface area contributed by atoms with Crippen LogP contribution in [0, 0.1) is 0 Å². The third-order valence-corrected chi connectivity index (χ3v) is 3.96. The van der Waals surface area contributed by atoms with Crippen molar-refractivity contribution in [2.75, 3.05) is 6.54 Å². The van der Waals surface area contributed by atoms with Crippen LogP contribution in [-0.4, -0.2) is 24.4 Å². The molecule has 1 aromatic carbocycles. The second-order valence-electron chi connectivity index (χ2n) is 5.82. The minimum atomic E-state index is -0.554. The molecule has 1 aliphatic rings. The molecule has 1 saturated carbocycles. The van der Waals surface area contributed by atoms with Gasteiger partial charge in [0.15, 0.2) is 0 Å². The van der Waals surface area contributed by atoms with Crippen molar-refractivity contribution in [2.24, 2.45) is 0 Å². The molecule has 1 aromatic rings. The van der Waals surface area contributed by atoms with Gasteiger partial charge in [-0.1, -0.05) is 41.9 Å². The molecule has 2 rings (SSSR count). The predicted octanol–water partition coefficient (Wildman–Crippen LogP) is 2.12. The fourth-order valence-corrected chi connectivity index (χ4v) is 2.13. The summed E-state index contributed by atoms with van der Waals surface area (Å²) in [5.41, 5.74) is 0.888. The van der Waals surface area contributed by atoms with Crippen LogP contribution in [0.3, 0.4) is 0 Å². The maximum absolute atomic E-state index is 11.7. The molecule has 0 atom stereocenters. The topological polar surface area (TPSA) is 58.2 Å². The number of benzene rings is 1. The Balaban J connectivity index is 1.89. The van der Waals surface area contributed by atoms with Gasteiger partial charge in [0.05, 0.1) is 0 Å². The second-order valence-corrected chi connectivity index (χ2v) is 6.74. The number of carbonyl (C=O) groups excluding carboxylic acids is 2. The highest BCUT2D eigenvalue weighted by Crippen LogP contribution is 2.24. The Kier molecular flexibility index (Phi) is 4.48. The van der Waals surface area contributed by atoms with E-state index in [1.165, 1.54) is 0 Å². The van der Waals surface area contributed by atoms with E-state index in [1.54, 1.807) is 0 Å². The first-order chi connectivity index (χ1) is 9.38. The second kappa shape index (κ2) is 5.95. The van der Waals surface area contributed by atoms with E-state index in [1.807, 2.05) is 38.1 Å². The standard InChI is InChI=1S/C15H19BrN2O2/c1-15(2,10-3-5-11(16)6-4-10)9-17-13(19)14(20)18-12-7-8-12/h3-6,12H,7-9H2,1-2H3,(H,17,19)(H,18,20). The summed E-state index contributed by atoms with van der Waals surface area (Å²) in [5.74, 6) is -1.08. The highest BCUT2D eigenvalue weighted by atomic mass is 79.9. The zero-order valence-corrected chi connectivity index (χ0v) is 13.3. The summed E-state index contributed by atoms with van der Waals surface area (Å²) >= 11 is 3.40. The highest BCUT2D eigenvalue weighted by molar-refractivity contribution is 9.10. The average Bonchev–Trinajstić information content (AvgIpc) is 3.20.